The Kier molecular flexibility index (Phi) is 5.21. The highest BCUT2D eigenvalue weighted by Crippen LogP contribution is 2.31. The van der Waals surface area contributed by atoms with Crippen molar-refractivity contribution >= 4 is 0 Å². The highest BCUT2D eigenvalue weighted by Gasteiger charge is 2.05. The summed E-state index contributed by atoms with van der Waals surface area (Å²) in [4.78, 5) is 0. The maximum atomic E-state index is 2.28. The molecule has 0 nitrogen and oxygen atoms in total. The minimum absolute atomic E-state index is 1.23. The third-order valence-corrected chi connectivity index (χ3v) is 5.77. The molecule has 0 aliphatic rings. The zero-order valence-electron chi connectivity index (χ0n) is 17.6. The quantitative estimate of drug-likeness (QED) is 0.285. The van der Waals surface area contributed by atoms with Gasteiger partial charge in [-0.05, 0) is 63.6 Å². The van der Waals surface area contributed by atoms with Crippen LogP contribution in [0.3, 0.4) is 0 Å². The molecular weight excluding hydrogens is 372 g/mol. The highest BCUT2D eigenvalue weighted by atomic mass is 14.1. The highest BCUT2D eigenvalue weighted by molar-refractivity contribution is 5.78. The Balaban J connectivity index is 1.46. The van der Waals surface area contributed by atoms with Gasteiger partial charge in [0.25, 0.3) is 0 Å². The van der Waals surface area contributed by atoms with Crippen LogP contribution in [0.2, 0.25) is 0 Å². The Labute approximate surface area is 184 Å². The fourth-order valence-electron chi connectivity index (χ4n) is 3.99. The van der Waals surface area contributed by atoms with Crippen LogP contribution >= 0.6 is 0 Å². The second-order valence-corrected chi connectivity index (χ2v) is 7.97. The van der Waals surface area contributed by atoms with E-state index in [1.807, 2.05) is 0 Å². The second-order valence-electron chi connectivity index (χ2n) is 7.97. The van der Waals surface area contributed by atoms with E-state index < -0.39 is 0 Å². The first-order valence-corrected chi connectivity index (χ1v) is 10.7. The lowest BCUT2D eigenvalue weighted by Gasteiger charge is -2.09. The van der Waals surface area contributed by atoms with Crippen LogP contribution in [0.25, 0.3) is 44.5 Å². The van der Waals surface area contributed by atoms with Crippen LogP contribution in [0.5, 0.6) is 0 Å². The van der Waals surface area contributed by atoms with E-state index in [0.29, 0.717) is 0 Å². The SMILES string of the molecule is Cc1ccc(-c2cccc(-c3cccc(-c4ccc(-c5ccccc5)cc4)c3)c2)cc1. The van der Waals surface area contributed by atoms with E-state index in [-0.39, 0.29) is 0 Å². The minimum atomic E-state index is 1.23. The Morgan fingerprint density at radius 2 is 0.613 bits per heavy atom. The Morgan fingerprint density at radius 3 is 1.10 bits per heavy atom. The van der Waals surface area contributed by atoms with Crippen molar-refractivity contribution in [2.75, 3.05) is 0 Å². The lowest BCUT2D eigenvalue weighted by atomic mass is 9.95. The summed E-state index contributed by atoms with van der Waals surface area (Å²) in [5.74, 6) is 0. The third-order valence-electron chi connectivity index (χ3n) is 5.77. The number of rotatable bonds is 4. The summed E-state index contributed by atoms with van der Waals surface area (Å²) in [5, 5.41) is 0. The standard InChI is InChI=1S/C31H24/c1-23-13-15-26(16-14-23)28-9-5-11-30(21-28)31-12-6-10-29(22-31)27-19-17-25(18-20-27)24-7-3-2-4-8-24/h2-22H,1H3. The predicted molar refractivity (Wildman–Crippen MR) is 133 cm³/mol. The van der Waals surface area contributed by atoms with Crippen molar-refractivity contribution in [2.45, 2.75) is 6.92 Å². The van der Waals surface area contributed by atoms with Gasteiger partial charge in [-0.2, -0.15) is 0 Å². The molecule has 0 N–H and O–H groups in total. The normalized spacial score (nSPS) is 10.7. The van der Waals surface area contributed by atoms with Gasteiger partial charge in [0.15, 0.2) is 0 Å². The van der Waals surface area contributed by atoms with Crippen molar-refractivity contribution in [1.29, 1.82) is 0 Å². The number of hydrogen-bond acceptors (Lipinski definition) is 0. The first kappa shape index (κ1) is 19.1. The molecule has 0 amide bonds. The summed E-state index contributed by atoms with van der Waals surface area (Å²) in [5.41, 5.74) is 11.2. The van der Waals surface area contributed by atoms with Crippen molar-refractivity contribution in [3.8, 4) is 44.5 Å². The van der Waals surface area contributed by atoms with Crippen LogP contribution in [0.1, 0.15) is 5.56 Å². The first-order chi connectivity index (χ1) is 15.3. The molecule has 0 saturated heterocycles. The van der Waals surface area contributed by atoms with Crippen molar-refractivity contribution in [3.63, 3.8) is 0 Å². The largest absolute Gasteiger partial charge is 0.0622 e. The minimum Gasteiger partial charge on any atom is -0.0622 e. The fourth-order valence-corrected chi connectivity index (χ4v) is 3.99. The number of hydrogen-bond donors (Lipinski definition) is 0. The molecule has 5 rings (SSSR count). The van der Waals surface area contributed by atoms with Crippen LogP contribution in [-0.4, -0.2) is 0 Å². The molecule has 148 valence electrons. The summed E-state index contributed by atoms with van der Waals surface area (Å²) < 4.78 is 0. The van der Waals surface area contributed by atoms with Crippen molar-refractivity contribution < 1.29 is 0 Å². The number of aryl methyl sites for hydroxylation is 1. The van der Waals surface area contributed by atoms with Gasteiger partial charge in [0.1, 0.15) is 0 Å². The molecule has 0 spiro atoms. The smallest absolute Gasteiger partial charge is 0.0178 e. The summed E-state index contributed by atoms with van der Waals surface area (Å²) in [6.07, 6.45) is 0. The Morgan fingerprint density at radius 1 is 0.290 bits per heavy atom. The van der Waals surface area contributed by atoms with E-state index in [4.69, 9.17) is 0 Å². The zero-order chi connectivity index (χ0) is 21.0. The molecule has 0 unspecified atom stereocenters. The van der Waals surface area contributed by atoms with Crippen LogP contribution in [0.4, 0.5) is 0 Å². The van der Waals surface area contributed by atoms with Gasteiger partial charge in [-0.25, -0.2) is 0 Å². The molecular formula is C31H24. The van der Waals surface area contributed by atoms with Crippen molar-refractivity contribution in [3.05, 3.63) is 133 Å². The van der Waals surface area contributed by atoms with E-state index in [1.165, 1.54) is 50.1 Å². The van der Waals surface area contributed by atoms with E-state index >= 15 is 0 Å². The van der Waals surface area contributed by atoms with E-state index in [9.17, 15) is 0 Å². The summed E-state index contributed by atoms with van der Waals surface area (Å²) in [7, 11) is 0. The summed E-state index contributed by atoms with van der Waals surface area (Å²) in [6, 6.07) is 45.7. The molecule has 0 aliphatic heterocycles. The first-order valence-electron chi connectivity index (χ1n) is 10.7. The van der Waals surface area contributed by atoms with Gasteiger partial charge in [0.2, 0.25) is 0 Å². The molecule has 5 aromatic carbocycles. The molecule has 31 heavy (non-hydrogen) atoms. The third kappa shape index (κ3) is 4.20. The fraction of sp³-hybridized carbons (Fsp3) is 0.0323. The van der Waals surface area contributed by atoms with Crippen LogP contribution in [-0.2, 0) is 0 Å². The van der Waals surface area contributed by atoms with Gasteiger partial charge >= 0.3 is 0 Å². The van der Waals surface area contributed by atoms with Crippen molar-refractivity contribution in [2.24, 2.45) is 0 Å². The van der Waals surface area contributed by atoms with Crippen LogP contribution < -0.4 is 0 Å². The second kappa shape index (κ2) is 8.45. The molecule has 0 aliphatic carbocycles. The zero-order valence-corrected chi connectivity index (χ0v) is 17.6. The molecule has 0 fully saturated rings. The lowest BCUT2D eigenvalue weighted by molar-refractivity contribution is 1.47. The molecule has 0 radical (unpaired) electrons. The molecule has 0 heteroatoms. The van der Waals surface area contributed by atoms with Crippen molar-refractivity contribution in [1.82, 2.24) is 0 Å². The average molecular weight is 397 g/mol. The molecule has 0 atom stereocenters. The number of benzene rings is 5. The van der Waals surface area contributed by atoms with Gasteiger partial charge < -0.3 is 0 Å². The maximum absolute atomic E-state index is 2.28. The molecule has 0 heterocycles. The van der Waals surface area contributed by atoms with Crippen LogP contribution in [0.15, 0.2) is 127 Å². The predicted octanol–water partition coefficient (Wildman–Crippen LogP) is 8.66. The molecule has 0 aromatic heterocycles. The maximum Gasteiger partial charge on any atom is -0.0178 e. The topological polar surface area (TPSA) is 0 Å². The Hall–Kier alpha value is -3.90. The Bertz CT molecular complexity index is 1290. The summed E-state index contributed by atoms with van der Waals surface area (Å²) in [6.45, 7) is 2.12. The summed E-state index contributed by atoms with van der Waals surface area (Å²) >= 11 is 0. The van der Waals surface area contributed by atoms with E-state index in [0.717, 1.165) is 0 Å². The molecule has 0 saturated carbocycles. The van der Waals surface area contributed by atoms with Gasteiger partial charge in [-0.15, -0.1) is 0 Å². The van der Waals surface area contributed by atoms with Gasteiger partial charge in [-0.1, -0.05) is 121 Å². The average Bonchev–Trinajstić information content (AvgIpc) is 2.85. The van der Waals surface area contributed by atoms with Crippen LogP contribution in [0, 0.1) is 6.92 Å². The van der Waals surface area contributed by atoms with Gasteiger partial charge in [0, 0.05) is 0 Å². The molecule has 5 aromatic rings. The van der Waals surface area contributed by atoms with E-state index in [2.05, 4.69) is 134 Å². The monoisotopic (exact) mass is 396 g/mol. The van der Waals surface area contributed by atoms with E-state index in [1.54, 1.807) is 0 Å². The lowest BCUT2D eigenvalue weighted by Crippen LogP contribution is -1.84. The molecule has 0 bridgehead atoms. The van der Waals surface area contributed by atoms with Gasteiger partial charge in [-0.3, -0.25) is 0 Å². The van der Waals surface area contributed by atoms with Gasteiger partial charge in [0.05, 0.1) is 0 Å².